The van der Waals surface area contributed by atoms with Gasteiger partial charge < -0.3 is 14.8 Å². The number of rotatable bonds is 7. The maximum Gasteiger partial charge on any atom is 0.262 e. The normalized spacial score (nSPS) is 10.8. The summed E-state index contributed by atoms with van der Waals surface area (Å²) in [7, 11) is 0. The van der Waals surface area contributed by atoms with Gasteiger partial charge in [0.1, 0.15) is 23.8 Å². The second-order valence-electron chi connectivity index (χ2n) is 7.87. The summed E-state index contributed by atoms with van der Waals surface area (Å²) in [5.41, 5.74) is 4.69. The van der Waals surface area contributed by atoms with Crippen LogP contribution in [0.2, 0.25) is 0 Å². The summed E-state index contributed by atoms with van der Waals surface area (Å²) in [6.07, 6.45) is 1.68. The molecule has 33 heavy (non-hydrogen) atoms. The molecule has 2 heterocycles. The predicted octanol–water partition coefficient (Wildman–Crippen LogP) is 4.22. The highest BCUT2D eigenvalue weighted by Gasteiger charge is 2.09. The van der Waals surface area contributed by atoms with Crippen LogP contribution in [0.25, 0.3) is 5.65 Å². The molecule has 0 saturated heterocycles. The van der Waals surface area contributed by atoms with E-state index in [0.29, 0.717) is 28.5 Å². The van der Waals surface area contributed by atoms with Gasteiger partial charge in [0.15, 0.2) is 6.61 Å². The minimum Gasteiger partial charge on any atom is -0.487 e. The van der Waals surface area contributed by atoms with E-state index in [-0.39, 0.29) is 24.7 Å². The summed E-state index contributed by atoms with van der Waals surface area (Å²) >= 11 is 0. The lowest BCUT2D eigenvalue weighted by Gasteiger charge is -2.13. The molecule has 2 aromatic carbocycles. The Bertz CT molecular complexity index is 1380. The van der Waals surface area contributed by atoms with Crippen LogP contribution >= 0.6 is 0 Å². The molecular weight excluding hydrogens is 418 g/mol. The van der Waals surface area contributed by atoms with E-state index < -0.39 is 0 Å². The van der Waals surface area contributed by atoms with Crippen molar-refractivity contribution < 1.29 is 14.3 Å². The number of fused-ring (bicyclic) bond motifs is 1. The summed E-state index contributed by atoms with van der Waals surface area (Å²) < 4.78 is 13.0. The van der Waals surface area contributed by atoms with Gasteiger partial charge in [-0.15, -0.1) is 0 Å². The van der Waals surface area contributed by atoms with Gasteiger partial charge in [0.25, 0.3) is 11.5 Å². The average Bonchev–Trinajstić information content (AvgIpc) is 2.80. The third-order valence-corrected chi connectivity index (χ3v) is 5.32. The highest BCUT2D eigenvalue weighted by Crippen LogP contribution is 2.24. The first-order valence-corrected chi connectivity index (χ1v) is 10.6. The number of aromatic nitrogens is 2. The van der Waals surface area contributed by atoms with Crippen LogP contribution in [0, 0.1) is 20.8 Å². The molecule has 168 valence electrons. The molecule has 0 aliphatic carbocycles. The smallest absolute Gasteiger partial charge is 0.262 e. The van der Waals surface area contributed by atoms with E-state index in [2.05, 4.69) is 10.3 Å². The molecule has 0 radical (unpaired) electrons. The number of aryl methyl sites for hydroxylation is 3. The van der Waals surface area contributed by atoms with E-state index in [1.165, 1.54) is 16.0 Å². The Kier molecular flexibility index (Phi) is 6.40. The zero-order valence-electron chi connectivity index (χ0n) is 18.8. The standard InChI is InChI=1S/C26H25N3O4/c1-17-8-10-22(12-19(17)3)32-16-25(30)28-20-9-7-18(2)23(13-20)33-15-21-14-26(31)29-11-5-4-6-24(29)27-21/h4-14H,15-16H2,1-3H3,(H,28,30). The number of benzene rings is 2. The number of anilines is 1. The quantitative estimate of drug-likeness (QED) is 0.463. The second-order valence-corrected chi connectivity index (χ2v) is 7.87. The summed E-state index contributed by atoms with van der Waals surface area (Å²) in [4.78, 5) is 29.1. The van der Waals surface area contributed by atoms with Crippen LogP contribution < -0.4 is 20.3 Å². The molecule has 0 aliphatic rings. The first-order chi connectivity index (χ1) is 15.9. The molecule has 1 amide bonds. The molecule has 7 heteroatoms. The largest absolute Gasteiger partial charge is 0.487 e. The fourth-order valence-electron chi connectivity index (χ4n) is 3.31. The minimum absolute atomic E-state index is 0.0997. The molecule has 0 aliphatic heterocycles. The molecule has 0 atom stereocenters. The van der Waals surface area contributed by atoms with Crippen molar-refractivity contribution in [3.63, 3.8) is 0 Å². The summed E-state index contributed by atoms with van der Waals surface area (Å²) in [6.45, 7) is 5.97. The number of nitrogens with one attached hydrogen (secondary N) is 1. The zero-order valence-corrected chi connectivity index (χ0v) is 18.8. The molecule has 0 unspecified atom stereocenters. The Balaban J connectivity index is 1.39. The van der Waals surface area contributed by atoms with Gasteiger partial charge in [-0.1, -0.05) is 18.2 Å². The van der Waals surface area contributed by atoms with E-state index >= 15 is 0 Å². The molecule has 4 rings (SSSR count). The summed E-state index contributed by atoms with van der Waals surface area (Å²) in [6, 6.07) is 18.0. The molecule has 7 nitrogen and oxygen atoms in total. The van der Waals surface area contributed by atoms with E-state index in [1.807, 2.05) is 51.1 Å². The van der Waals surface area contributed by atoms with Gasteiger partial charge >= 0.3 is 0 Å². The van der Waals surface area contributed by atoms with Crippen LogP contribution in [0.1, 0.15) is 22.4 Å². The van der Waals surface area contributed by atoms with E-state index in [0.717, 1.165) is 11.1 Å². The van der Waals surface area contributed by atoms with Gasteiger partial charge in [0, 0.05) is 24.0 Å². The van der Waals surface area contributed by atoms with Crippen LogP contribution in [0.4, 0.5) is 5.69 Å². The van der Waals surface area contributed by atoms with Crippen LogP contribution in [0.15, 0.2) is 71.7 Å². The van der Waals surface area contributed by atoms with E-state index in [1.54, 1.807) is 30.5 Å². The average molecular weight is 444 g/mol. The second kappa shape index (κ2) is 9.56. The summed E-state index contributed by atoms with van der Waals surface area (Å²) in [5.74, 6) is 0.977. The highest BCUT2D eigenvalue weighted by atomic mass is 16.5. The number of carbonyl (C=O) groups is 1. The van der Waals surface area contributed by atoms with Gasteiger partial charge in [0.05, 0.1) is 5.69 Å². The Morgan fingerprint density at radius 1 is 0.939 bits per heavy atom. The summed E-state index contributed by atoms with van der Waals surface area (Å²) in [5, 5.41) is 2.82. The number of ether oxygens (including phenoxy) is 2. The molecule has 2 aromatic heterocycles. The Hall–Kier alpha value is -4.13. The SMILES string of the molecule is Cc1ccc(OCC(=O)Nc2ccc(C)c(OCc3cc(=O)n4ccccc4n3)c2)cc1C. The molecule has 4 aromatic rings. The van der Waals surface area contributed by atoms with Crippen LogP contribution in [-0.2, 0) is 11.4 Å². The van der Waals surface area contributed by atoms with Crippen molar-refractivity contribution in [3.8, 4) is 11.5 Å². The van der Waals surface area contributed by atoms with Gasteiger partial charge in [0.2, 0.25) is 0 Å². The molecule has 0 spiro atoms. The lowest BCUT2D eigenvalue weighted by Crippen LogP contribution is -2.20. The Morgan fingerprint density at radius 3 is 2.58 bits per heavy atom. The van der Waals surface area contributed by atoms with E-state index in [4.69, 9.17) is 9.47 Å². The number of carbonyl (C=O) groups excluding carboxylic acids is 1. The van der Waals surface area contributed by atoms with E-state index in [9.17, 15) is 9.59 Å². The van der Waals surface area contributed by atoms with Crippen molar-refractivity contribution in [2.24, 2.45) is 0 Å². The van der Waals surface area contributed by atoms with Crippen LogP contribution in [0.3, 0.4) is 0 Å². The first kappa shape index (κ1) is 22.1. The number of hydrogen-bond acceptors (Lipinski definition) is 5. The topological polar surface area (TPSA) is 81.9 Å². The van der Waals surface area contributed by atoms with Crippen molar-refractivity contribution in [1.29, 1.82) is 0 Å². The van der Waals surface area contributed by atoms with Gasteiger partial charge in [-0.3, -0.25) is 14.0 Å². The molecule has 1 N–H and O–H groups in total. The third kappa shape index (κ3) is 5.38. The van der Waals surface area contributed by atoms with Crippen molar-refractivity contribution >= 4 is 17.2 Å². The number of hydrogen-bond donors (Lipinski definition) is 1. The number of amides is 1. The van der Waals surface area contributed by atoms with Gasteiger partial charge in [-0.2, -0.15) is 0 Å². The third-order valence-electron chi connectivity index (χ3n) is 5.32. The molecule has 0 bridgehead atoms. The monoisotopic (exact) mass is 443 g/mol. The highest BCUT2D eigenvalue weighted by molar-refractivity contribution is 5.92. The first-order valence-electron chi connectivity index (χ1n) is 10.6. The van der Waals surface area contributed by atoms with Crippen molar-refractivity contribution in [3.05, 3.63) is 99.6 Å². The maximum atomic E-state index is 12.4. The Labute approximate surface area is 191 Å². The van der Waals surface area contributed by atoms with Crippen molar-refractivity contribution in [2.45, 2.75) is 27.4 Å². The molecule has 0 fully saturated rings. The van der Waals surface area contributed by atoms with Crippen molar-refractivity contribution in [1.82, 2.24) is 9.38 Å². The number of nitrogens with zero attached hydrogens (tertiary/aromatic N) is 2. The molecule has 0 saturated carbocycles. The zero-order chi connectivity index (χ0) is 23.4. The van der Waals surface area contributed by atoms with Crippen LogP contribution in [-0.4, -0.2) is 21.9 Å². The minimum atomic E-state index is -0.271. The maximum absolute atomic E-state index is 12.4. The lowest BCUT2D eigenvalue weighted by molar-refractivity contribution is -0.118. The number of pyridine rings is 1. The van der Waals surface area contributed by atoms with Gasteiger partial charge in [-0.05, 0) is 67.8 Å². The lowest BCUT2D eigenvalue weighted by atomic mass is 10.1. The fraction of sp³-hybridized carbons (Fsp3) is 0.192. The van der Waals surface area contributed by atoms with Gasteiger partial charge in [-0.25, -0.2) is 4.98 Å². The fourth-order valence-corrected chi connectivity index (χ4v) is 3.31. The predicted molar refractivity (Wildman–Crippen MR) is 127 cm³/mol. The van der Waals surface area contributed by atoms with Crippen molar-refractivity contribution in [2.75, 3.05) is 11.9 Å². The Morgan fingerprint density at radius 2 is 1.76 bits per heavy atom. The molecular formula is C26H25N3O4. The van der Waals surface area contributed by atoms with Crippen LogP contribution in [0.5, 0.6) is 11.5 Å².